The summed E-state index contributed by atoms with van der Waals surface area (Å²) in [5.41, 5.74) is 1.42. The monoisotopic (exact) mass is 313 g/mol. The molecule has 0 aliphatic rings. The number of fused-ring (bicyclic) bond motifs is 1. The van der Waals surface area contributed by atoms with Gasteiger partial charge in [-0.25, -0.2) is 4.98 Å². The third-order valence-corrected chi connectivity index (χ3v) is 3.48. The van der Waals surface area contributed by atoms with E-state index in [1.807, 2.05) is 24.3 Å². The van der Waals surface area contributed by atoms with Crippen molar-refractivity contribution in [2.75, 3.05) is 7.11 Å². The molecule has 0 aliphatic carbocycles. The highest BCUT2D eigenvalue weighted by Crippen LogP contribution is 2.25. The van der Waals surface area contributed by atoms with Crippen molar-refractivity contribution in [3.63, 3.8) is 0 Å². The van der Waals surface area contributed by atoms with E-state index in [-0.39, 0.29) is 11.5 Å². The predicted octanol–water partition coefficient (Wildman–Crippen LogP) is 4.39. The molecule has 0 saturated heterocycles. The van der Waals surface area contributed by atoms with Crippen molar-refractivity contribution in [1.82, 2.24) is 4.98 Å². The molecule has 0 bridgehead atoms. The minimum Gasteiger partial charge on any atom is -0.497 e. The number of pyridine rings is 1. The van der Waals surface area contributed by atoms with Gasteiger partial charge in [0.2, 0.25) is 5.78 Å². The van der Waals surface area contributed by atoms with Gasteiger partial charge in [-0.05, 0) is 48.6 Å². The van der Waals surface area contributed by atoms with Gasteiger partial charge in [0.05, 0.1) is 18.9 Å². The smallest absolute Gasteiger partial charge is 0.221 e. The van der Waals surface area contributed by atoms with Gasteiger partial charge in [0.25, 0.3) is 0 Å². The van der Waals surface area contributed by atoms with E-state index in [1.165, 1.54) is 12.3 Å². The topological polar surface area (TPSA) is 52.3 Å². The van der Waals surface area contributed by atoms with Gasteiger partial charge in [-0.3, -0.25) is 4.79 Å². The zero-order valence-corrected chi connectivity index (χ0v) is 12.5. The van der Waals surface area contributed by atoms with Crippen LogP contribution in [0.15, 0.2) is 53.2 Å². The molecule has 0 fully saturated rings. The van der Waals surface area contributed by atoms with Crippen LogP contribution in [0.3, 0.4) is 0 Å². The van der Waals surface area contributed by atoms with Crippen LogP contribution in [0.2, 0.25) is 5.15 Å². The summed E-state index contributed by atoms with van der Waals surface area (Å²) in [6.45, 7) is 0. The number of hydrogen-bond donors (Lipinski definition) is 0. The van der Waals surface area contributed by atoms with Crippen LogP contribution in [-0.4, -0.2) is 17.9 Å². The molecule has 110 valence electrons. The minimum absolute atomic E-state index is 0.230. The fourth-order valence-electron chi connectivity index (χ4n) is 2.06. The van der Waals surface area contributed by atoms with Crippen molar-refractivity contribution in [2.45, 2.75) is 0 Å². The Morgan fingerprint density at radius 1 is 1.32 bits per heavy atom. The van der Waals surface area contributed by atoms with Gasteiger partial charge >= 0.3 is 0 Å². The zero-order valence-electron chi connectivity index (χ0n) is 11.7. The summed E-state index contributed by atoms with van der Waals surface area (Å²) in [5.74, 6) is 0.785. The normalized spacial score (nSPS) is 11.2. The average molecular weight is 314 g/mol. The number of carbonyl (C=O) groups excluding carboxylic acids is 1. The summed E-state index contributed by atoms with van der Waals surface area (Å²) in [6, 6.07) is 10.7. The maximum absolute atomic E-state index is 11.9. The molecule has 0 atom stereocenters. The van der Waals surface area contributed by atoms with Gasteiger partial charge in [-0.2, -0.15) is 0 Å². The Balaban J connectivity index is 1.96. The number of ketones is 1. The van der Waals surface area contributed by atoms with E-state index in [9.17, 15) is 4.79 Å². The lowest BCUT2D eigenvalue weighted by molar-refractivity contribution is 0.102. The summed E-state index contributed by atoms with van der Waals surface area (Å²) in [7, 11) is 1.60. The van der Waals surface area contributed by atoms with Gasteiger partial charge < -0.3 is 9.15 Å². The molecule has 0 unspecified atom stereocenters. The van der Waals surface area contributed by atoms with E-state index >= 15 is 0 Å². The fraction of sp³-hybridized carbons (Fsp3) is 0.0588. The molecule has 0 saturated carbocycles. The SMILES string of the molecule is COc1ccc2nc(Cl)c(/C=C/C(=O)c3ccco3)cc2c1. The van der Waals surface area contributed by atoms with Gasteiger partial charge in [0, 0.05) is 10.9 Å². The first kappa shape index (κ1) is 14.4. The van der Waals surface area contributed by atoms with E-state index in [4.69, 9.17) is 20.8 Å². The fourth-order valence-corrected chi connectivity index (χ4v) is 2.27. The molecule has 22 heavy (non-hydrogen) atoms. The van der Waals surface area contributed by atoms with Crippen LogP contribution in [0.4, 0.5) is 0 Å². The molecule has 4 nitrogen and oxygen atoms in total. The highest BCUT2D eigenvalue weighted by molar-refractivity contribution is 6.31. The third kappa shape index (κ3) is 2.87. The van der Waals surface area contributed by atoms with E-state index in [0.29, 0.717) is 10.7 Å². The third-order valence-electron chi connectivity index (χ3n) is 3.18. The highest BCUT2D eigenvalue weighted by Gasteiger charge is 2.07. The van der Waals surface area contributed by atoms with Crippen LogP contribution in [-0.2, 0) is 0 Å². The van der Waals surface area contributed by atoms with Crippen LogP contribution in [0, 0.1) is 0 Å². The number of methoxy groups -OCH3 is 1. The number of rotatable bonds is 4. The maximum atomic E-state index is 11.9. The molecule has 3 aromatic rings. The summed E-state index contributed by atoms with van der Waals surface area (Å²) in [6.07, 6.45) is 4.49. The lowest BCUT2D eigenvalue weighted by Gasteiger charge is -2.04. The van der Waals surface area contributed by atoms with Crippen LogP contribution in [0.1, 0.15) is 16.1 Å². The van der Waals surface area contributed by atoms with Crippen LogP contribution < -0.4 is 4.74 Å². The number of carbonyl (C=O) groups is 1. The van der Waals surface area contributed by atoms with E-state index in [2.05, 4.69) is 4.98 Å². The number of allylic oxidation sites excluding steroid dienone is 1. The molecule has 3 rings (SSSR count). The standard InChI is InChI=1S/C17H12ClNO3/c1-21-13-5-6-14-12(10-13)9-11(17(18)19-14)4-7-15(20)16-3-2-8-22-16/h2-10H,1H3/b7-4+. The van der Waals surface area contributed by atoms with Crippen LogP contribution >= 0.6 is 11.6 Å². The summed E-state index contributed by atoms with van der Waals surface area (Å²) in [4.78, 5) is 16.2. The quantitative estimate of drug-likeness (QED) is 0.407. The number of hydrogen-bond acceptors (Lipinski definition) is 4. The van der Waals surface area contributed by atoms with Crippen molar-refractivity contribution < 1.29 is 13.9 Å². The van der Waals surface area contributed by atoms with Crippen LogP contribution in [0.5, 0.6) is 5.75 Å². The zero-order chi connectivity index (χ0) is 15.5. The molecule has 0 aliphatic heterocycles. The Hall–Kier alpha value is -2.59. The molecule has 0 spiro atoms. The average Bonchev–Trinajstić information content (AvgIpc) is 3.06. The number of aromatic nitrogens is 1. The molecule has 0 N–H and O–H groups in total. The van der Waals surface area contributed by atoms with Gasteiger partial charge in [-0.15, -0.1) is 0 Å². The number of furan rings is 1. The van der Waals surface area contributed by atoms with Crippen molar-refractivity contribution in [2.24, 2.45) is 0 Å². The Morgan fingerprint density at radius 3 is 2.91 bits per heavy atom. The number of benzene rings is 1. The molecule has 2 heterocycles. The van der Waals surface area contributed by atoms with Crippen molar-refractivity contribution >= 4 is 34.4 Å². The second-order valence-electron chi connectivity index (χ2n) is 4.60. The second-order valence-corrected chi connectivity index (χ2v) is 4.96. The second kappa shape index (κ2) is 6.03. The Morgan fingerprint density at radius 2 is 2.18 bits per heavy atom. The molecular formula is C17H12ClNO3. The van der Waals surface area contributed by atoms with Crippen molar-refractivity contribution in [3.8, 4) is 5.75 Å². The Labute approximate surface area is 132 Å². The number of nitrogens with zero attached hydrogens (tertiary/aromatic N) is 1. The van der Waals surface area contributed by atoms with Gasteiger partial charge in [-0.1, -0.05) is 11.6 Å². The maximum Gasteiger partial charge on any atom is 0.221 e. The van der Waals surface area contributed by atoms with Gasteiger partial charge in [0.1, 0.15) is 10.9 Å². The number of ether oxygens (including phenoxy) is 1. The van der Waals surface area contributed by atoms with Crippen molar-refractivity contribution in [3.05, 3.63) is 65.2 Å². The largest absolute Gasteiger partial charge is 0.497 e. The molecular weight excluding hydrogens is 302 g/mol. The predicted molar refractivity (Wildman–Crippen MR) is 85.4 cm³/mol. The molecule has 2 aromatic heterocycles. The molecule has 0 amide bonds. The lowest BCUT2D eigenvalue weighted by atomic mass is 10.1. The Bertz CT molecular complexity index is 854. The van der Waals surface area contributed by atoms with E-state index in [0.717, 1.165) is 16.7 Å². The molecule has 0 radical (unpaired) electrons. The van der Waals surface area contributed by atoms with Crippen molar-refractivity contribution in [1.29, 1.82) is 0 Å². The summed E-state index contributed by atoms with van der Waals surface area (Å²) in [5, 5.41) is 1.22. The highest BCUT2D eigenvalue weighted by atomic mass is 35.5. The Kier molecular flexibility index (Phi) is 3.94. The van der Waals surface area contributed by atoms with Gasteiger partial charge in [0.15, 0.2) is 5.76 Å². The first-order valence-electron chi connectivity index (χ1n) is 6.57. The number of halogens is 1. The summed E-state index contributed by atoms with van der Waals surface area (Å²) < 4.78 is 10.2. The van der Waals surface area contributed by atoms with E-state index < -0.39 is 0 Å². The lowest BCUT2D eigenvalue weighted by Crippen LogP contribution is -1.91. The minimum atomic E-state index is -0.230. The summed E-state index contributed by atoms with van der Waals surface area (Å²) >= 11 is 6.16. The molecule has 1 aromatic carbocycles. The molecule has 5 heteroatoms. The first-order valence-corrected chi connectivity index (χ1v) is 6.95. The first-order chi connectivity index (χ1) is 10.7. The van der Waals surface area contributed by atoms with Crippen LogP contribution in [0.25, 0.3) is 17.0 Å². The van der Waals surface area contributed by atoms with E-state index in [1.54, 1.807) is 25.3 Å².